The standard InChI is InChI=1S/C23H24ClN3O2S/c24-17-10-8-16(9-11-17)13-21-23(29)27(19-6-1-2-7-20(19)30-21)15-22(28)26-14-18-5-3-4-12-25-18/h3-5,8-13,19-20H,1-2,6-7,14-15H2,(H,26,28)/b21-13+. The van der Waals surface area contributed by atoms with Crippen LogP contribution in [0.2, 0.25) is 5.02 Å². The van der Waals surface area contributed by atoms with Crippen molar-refractivity contribution in [2.24, 2.45) is 0 Å². The van der Waals surface area contributed by atoms with E-state index in [2.05, 4.69) is 10.3 Å². The van der Waals surface area contributed by atoms with Crippen LogP contribution in [0, 0.1) is 0 Å². The molecule has 0 spiro atoms. The van der Waals surface area contributed by atoms with E-state index in [0.29, 0.717) is 21.7 Å². The van der Waals surface area contributed by atoms with E-state index in [9.17, 15) is 9.59 Å². The Bertz CT molecular complexity index is 933. The average molecular weight is 442 g/mol. The predicted molar refractivity (Wildman–Crippen MR) is 121 cm³/mol. The molecule has 2 fully saturated rings. The van der Waals surface area contributed by atoms with Crippen molar-refractivity contribution in [2.75, 3.05) is 6.54 Å². The number of thioether (sulfide) groups is 1. The quantitative estimate of drug-likeness (QED) is 0.703. The molecule has 7 heteroatoms. The number of carbonyl (C=O) groups is 2. The van der Waals surface area contributed by atoms with Gasteiger partial charge >= 0.3 is 0 Å². The molecule has 1 aliphatic heterocycles. The van der Waals surface area contributed by atoms with E-state index in [-0.39, 0.29) is 24.4 Å². The van der Waals surface area contributed by atoms with Gasteiger partial charge in [-0.2, -0.15) is 0 Å². The van der Waals surface area contributed by atoms with Crippen LogP contribution >= 0.6 is 23.4 Å². The van der Waals surface area contributed by atoms with E-state index < -0.39 is 0 Å². The maximum atomic E-state index is 13.3. The largest absolute Gasteiger partial charge is 0.349 e. The van der Waals surface area contributed by atoms with Gasteiger partial charge in [0.25, 0.3) is 5.91 Å². The number of fused-ring (bicyclic) bond motifs is 1. The normalized spacial score (nSPS) is 22.6. The highest BCUT2D eigenvalue weighted by Gasteiger charge is 2.41. The Morgan fingerprint density at radius 2 is 2.00 bits per heavy atom. The molecule has 2 unspecified atom stereocenters. The van der Waals surface area contributed by atoms with Crippen LogP contribution in [-0.4, -0.2) is 39.5 Å². The molecule has 1 aliphatic carbocycles. The first-order valence-electron chi connectivity index (χ1n) is 10.2. The van der Waals surface area contributed by atoms with E-state index in [4.69, 9.17) is 11.6 Å². The van der Waals surface area contributed by atoms with Gasteiger partial charge in [-0.15, -0.1) is 11.8 Å². The van der Waals surface area contributed by atoms with Gasteiger partial charge in [-0.3, -0.25) is 14.6 Å². The van der Waals surface area contributed by atoms with Crippen molar-refractivity contribution >= 4 is 41.3 Å². The minimum absolute atomic E-state index is 0.0638. The fraction of sp³-hybridized carbons (Fsp3) is 0.348. The lowest BCUT2D eigenvalue weighted by atomic mass is 9.93. The number of nitrogens with zero attached hydrogens (tertiary/aromatic N) is 2. The number of benzene rings is 1. The van der Waals surface area contributed by atoms with Gasteiger partial charge in [0, 0.05) is 22.5 Å². The van der Waals surface area contributed by atoms with Crippen molar-refractivity contribution in [1.82, 2.24) is 15.2 Å². The van der Waals surface area contributed by atoms with E-state index in [1.807, 2.05) is 48.5 Å². The van der Waals surface area contributed by atoms with Crippen LogP contribution in [0.15, 0.2) is 53.6 Å². The number of hydrogen-bond acceptors (Lipinski definition) is 4. The number of carbonyl (C=O) groups excluding carboxylic acids is 2. The summed E-state index contributed by atoms with van der Waals surface area (Å²) in [5, 5.41) is 3.89. The number of amides is 2. The van der Waals surface area contributed by atoms with Gasteiger partial charge in [0.05, 0.1) is 17.1 Å². The highest BCUT2D eigenvalue weighted by atomic mass is 35.5. The van der Waals surface area contributed by atoms with Crippen LogP contribution < -0.4 is 5.32 Å². The fourth-order valence-corrected chi connectivity index (χ4v) is 5.57. The number of aromatic nitrogens is 1. The van der Waals surface area contributed by atoms with Crippen molar-refractivity contribution in [2.45, 2.75) is 43.5 Å². The summed E-state index contributed by atoms with van der Waals surface area (Å²) in [6, 6.07) is 13.1. The van der Waals surface area contributed by atoms with Gasteiger partial charge in [-0.1, -0.05) is 42.6 Å². The SMILES string of the molecule is O=C(CN1C(=O)/C(=C\c2ccc(Cl)cc2)SC2CCCCC21)NCc1ccccn1. The molecule has 2 atom stereocenters. The molecule has 0 radical (unpaired) electrons. The van der Waals surface area contributed by atoms with E-state index >= 15 is 0 Å². The maximum Gasteiger partial charge on any atom is 0.261 e. The molecule has 2 aliphatic rings. The first kappa shape index (κ1) is 20.9. The van der Waals surface area contributed by atoms with Crippen molar-refractivity contribution in [1.29, 1.82) is 0 Å². The molecule has 4 rings (SSSR count). The summed E-state index contributed by atoms with van der Waals surface area (Å²) < 4.78 is 0. The minimum atomic E-state index is -0.156. The van der Waals surface area contributed by atoms with Crippen molar-refractivity contribution in [3.8, 4) is 0 Å². The second-order valence-electron chi connectivity index (χ2n) is 7.60. The van der Waals surface area contributed by atoms with E-state index in [1.54, 1.807) is 22.9 Å². The van der Waals surface area contributed by atoms with Gasteiger partial charge in [-0.05, 0) is 48.7 Å². The summed E-state index contributed by atoms with van der Waals surface area (Å²) in [6.45, 7) is 0.434. The third-order valence-corrected chi connectivity index (χ3v) is 7.14. The predicted octanol–water partition coefficient (Wildman–Crippen LogP) is 4.28. The molecule has 1 aromatic heterocycles. The highest BCUT2D eigenvalue weighted by Crippen LogP contribution is 2.42. The zero-order chi connectivity index (χ0) is 20.9. The minimum Gasteiger partial charge on any atom is -0.349 e. The van der Waals surface area contributed by atoms with Crippen molar-refractivity contribution in [3.05, 3.63) is 69.8 Å². The summed E-state index contributed by atoms with van der Waals surface area (Å²) >= 11 is 7.64. The maximum absolute atomic E-state index is 13.3. The first-order chi connectivity index (χ1) is 14.6. The molecule has 1 saturated heterocycles. The number of halogens is 1. The zero-order valence-electron chi connectivity index (χ0n) is 16.6. The smallest absolute Gasteiger partial charge is 0.261 e. The molecular weight excluding hydrogens is 418 g/mol. The van der Waals surface area contributed by atoms with Crippen LogP contribution in [-0.2, 0) is 16.1 Å². The van der Waals surface area contributed by atoms with Crippen LogP contribution in [0.4, 0.5) is 0 Å². The summed E-state index contributed by atoms with van der Waals surface area (Å²) in [7, 11) is 0. The van der Waals surface area contributed by atoms with Crippen molar-refractivity contribution < 1.29 is 9.59 Å². The molecule has 0 bridgehead atoms. The molecule has 1 aromatic carbocycles. The van der Waals surface area contributed by atoms with Gasteiger partial charge < -0.3 is 10.2 Å². The molecule has 5 nitrogen and oxygen atoms in total. The Morgan fingerprint density at radius 3 is 2.77 bits per heavy atom. The highest BCUT2D eigenvalue weighted by molar-refractivity contribution is 8.04. The van der Waals surface area contributed by atoms with Crippen molar-refractivity contribution in [3.63, 3.8) is 0 Å². The Kier molecular flexibility index (Phi) is 6.75. The molecule has 30 heavy (non-hydrogen) atoms. The molecule has 1 N–H and O–H groups in total. The van der Waals surface area contributed by atoms with E-state index in [0.717, 1.165) is 36.9 Å². The summed E-state index contributed by atoms with van der Waals surface area (Å²) in [6.07, 6.45) is 7.88. The topological polar surface area (TPSA) is 62.3 Å². The summed E-state index contributed by atoms with van der Waals surface area (Å²) in [4.78, 5) is 32.6. The summed E-state index contributed by atoms with van der Waals surface area (Å²) in [5.74, 6) is -0.220. The number of rotatable bonds is 5. The molecule has 2 aromatic rings. The molecule has 156 valence electrons. The lowest BCUT2D eigenvalue weighted by Crippen LogP contribution is -2.54. The molecule has 1 saturated carbocycles. The molecular formula is C23H24ClN3O2S. The van der Waals surface area contributed by atoms with Gasteiger partial charge in [0.2, 0.25) is 5.91 Å². The monoisotopic (exact) mass is 441 g/mol. The number of nitrogens with one attached hydrogen (secondary N) is 1. The Labute approximate surface area is 185 Å². The first-order valence-corrected chi connectivity index (χ1v) is 11.5. The lowest BCUT2D eigenvalue weighted by Gasteiger charge is -2.43. The summed E-state index contributed by atoms with van der Waals surface area (Å²) in [5.41, 5.74) is 1.73. The molecule has 2 amide bonds. The molecule has 2 heterocycles. The Hall–Kier alpha value is -2.31. The van der Waals surface area contributed by atoms with Gasteiger partial charge in [0.1, 0.15) is 6.54 Å². The second kappa shape index (κ2) is 9.67. The average Bonchev–Trinajstić information content (AvgIpc) is 2.77. The van der Waals surface area contributed by atoms with E-state index in [1.165, 1.54) is 0 Å². The Balaban J connectivity index is 1.49. The fourth-order valence-electron chi connectivity index (χ4n) is 3.97. The van der Waals surface area contributed by atoms with Crippen LogP contribution in [0.5, 0.6) is 0 Å². The number of pyridine rings is 1. The third kappa shape index (κ3) is 5.05. The zero-order valence-corrected chi connectivity index (χ0v) is 18.2. The van der Waals surface area contributed by atoms with Gasteiger partial charge in [0.15, 0.2) is 0 Å². The third-order valence-electron chi connectivity index (χ3n) is 5.49. The number of hydrogen-bond donors (Lipinski definition) is 1. The van der Waals surface area contributed by atoms with Gasteiger partial charge in [-0.25, -0.2) is 0 Å². The Morgan fingerprint density at radius 1 is 1.20 bits per heavy atom. The van der Waals surface area contributed by atoms with Crippen LogP contribution in [0.1, 0.15) is 36.9 Å². The second-order valence-corrected chi connectivity index (χ2v) is 9.32. The van der Waals surface area contributed by atoms with Crippen LogP contribution in [0.3, 0.4) is 0 Å². The van der Waals surface area contributed by atoms with Crippen LogP contribution in [0.25, 0.3) is 6.08 Å². The lowest BCUT2D eigenvalue weighted by molar-refractivity contribution is -0.135.